The molecule has 11 heteroatoms. The highest BCUT2D eigenvalue weighted by atomic mass is 19.4. The first-order valence-corrected chi connectivity index (χ1v) is 11.0. The Kier molecular flexibility index (Phi) is 6.30. The van der Waals surface area contributed by atoms with Crippen LogP contribution < -0.4 is 0 Å². The molecule has 0 bridgehead atoms. The standard InChI is InChI=1S/C25H22F3N5O3/c1-24(2,3)36-23(35)32-7-5-21-20(22(32)34)14-31-33(21)19-4-6-30-18(12-19)11-15-8-16(13-29)10-17(9-15)25(26,27)28/h4,6,8-10,12,14H,5,7,11H2,1-3H3. The fourth-order valence-electron chi connectivity index (χ4n) is 3.90. The lowest BCUT2D eigenvalue weighted by Gasteiger charge is -2.28. The van der Waals surface area contributed by atoms with Crippen LogP contribution in [0.25, 0.3) is 5.69 Å². The van der Waals surface area contributed by atoms with Crippen molar-refractivity contribution >= 4 is 12.0 Å². The predicted molar refractivity (Wildman–Crippen MR) is 121 cm³/mol. The highest BCUT2D eigenvalue weighted by molar-refractivity contribution is 6.04. The molecule has 2 amide bonds. The van der Waals surface area contributed by atoms with Gasteiger partial charge in [0.15, 0.2) is 0 Å². The summed E-state index contributed by atoms with van der Waals surface area (Å²) in [4.78, 5) is 30.6. The molecular weight excluding hydrogens is 475 g/mol. The van der Waals surface area contributed by atoms with Crippen LogP contribution in [0.1, 0.15) is 59.2 Å². The van der Waals surface area contributed by atoms with E-state index >= 15 is 0 Å². The lowest BCUT2D eigenvalue weighted by Crippen LogP contribution is -2.44. The van der Waals surface area contributed by atoms with Gasteiger partial charge in [0.25, 0.3) is 5.91 Å². The smallest absolute Gasteiger partial charge is 0.417 e. The predicted octanol–water partition coefficient (Wildman–Crippen LogP) is 4.68. The largest absolute Gasteiger partial charge is 0.443 e. The zero-order valence-corrected chi connectivity index (χ0v) is 19.8. The van der Waals surface area contributed by atoms with Crippen LogP contribution >= 0.6 is 0 Å². The Morgan fingerprint density at radius 3 is 2.61 bits per heavy atom. The van der Waals surface area contributed by atoms with Crippen LogP contribution in [0.5, 0.6) is 0 Å². The molecule has 3 aromatic rings. The average molecular weight is 497 g/mol. The van der Waals surface area contributed by atoms with Gasteiger partial charge in [0, 0.05) is 31.3 Å². The van der Waals surface area contributed by atoms with Gasteiger partial charge >= 0.3 is 12.3 Å². The second kappa shape index (κ2) is 9.11. The fourth-order valence-corrected chi connectivity index (χ4v) is 3.90. The molecule has 0 N–H and O–H groups in total. The summed E-state index contributed by atoms with van der Waals surface area (Å²) in [7, 11) is 0. The maximum atomic E-state index is 13.2. The third-order valence-corrected chi connectivity index (χ3v) is 5.41. The average Bonchev–Trinajstić information content (AvgIpc) is 3.22. The number of benzene rings is 1. The van der Waals surface area contributed by atoms with E-state index in [1.807, 2.05) is 0 Å². The van der Waals surface area contributed by atoms with Crippen molar-refractivity contribution in [2.75, 3.05) is 6.54 Å². The zero-order chi connectivity index (χ0) is 26.3. The van der Waals surface area contributed by atoms with E-state index in [0.29, 0.717) is 23.5 Å². The maximum Gasteiger partial charge on any atom is 0.417 e. The number of amides is 2. The Labute approximate surface area is 204 Å². The Balaban J connectivity index is 1.60. The third kappa shape index (κ3) is 5.22. The zero-order valence-electron chi connectivity index (χ0n) is 19.8. The van der Waals surface area contributed by atoms with Crippen LogP contribution in [0, 0.1) is 11.3 Å². The van der Waals surface area contributed by atoms with Crippen LogP contribution in [0.3, 0.4) is 0 Å². The van der Waals surface area contributed by atoms with Gasteiger partial charge in [-0.15, -0.1) is 0 Å². The van der Waals surface area contributed by atoms with Crippen molar-refractivity contribution in [3.05, 3.63) is 76.4 Å². The summed E-state index contributed by atoms with van der Waals surface area (Å²) >= 11 is 0. The number of ether oxygens (including phenoxy) is 1. The van der Waals surface area contributed by atoms with Crippen molar-refractivity contribution in [1.82, 2.24) is 19.7 Å². The quantitative estimate of drug-likeness (QED) is 0.521. The molecule has 0 aliphatic carbocycles. The molecule has 3 heterocycles. The number of nitriles is 1. The van der Waals surface area contributed by atoms with Gasteiger partial charge < -0.3 is 4.74 Å². The van der Waals surface area contributed by atoms with Crippen molar-refractivity contribution in [2.24, 2.45) is 0 Å². The van der Waals surface area contributed by atoms with Gasteiger partial charge in [0.2, 0.25) is 0 Å². The first-order chi connectivity index (χ1) is 16.9. The monoisotopic (exact) mass is 497 g/mol. The van der Waals surface area contributed by atoms with E-state index in [2.05, 4.69) is 10.1 Å². The minimum absolute atomic E-state index is 0.0568. The molecule has 1 aliphatic rings. The molecule has 0 fully saturated rings. The van der Waals surface area contributed by atoms with Gasteiger partial charge in [-0.1, -0.05) is 0 Å². The number of nitrogens with zero attached hydrogens (tertiary/aromatic N) is 5. The molecule has 186 valence electrons. The summed E-state index contributed by atoms with van der Waals surface area (Å²) in [5, 5.41) is 13.4. The number of carbonyl (C=O) groups excluding carboxylic acids is 2. The van der Waals surface area contributed by atoms with Gasteiger partial charge in [-0.2, -0.15) is 23.5 Å². The van der Waals surface area contributed by atoms with E-state index in [0.717, 1.165) is 17.0 Å². The van der Waals surface area contributed by atoms with Crippen molar-refractivity contribution < 1.29 is 27.5 Å². The molecule has 4 rings (SSSR count). The van der Waals surface area contributed by atoms with E-state index < -0.39 is 29.3 Å². The summed E-state index contributed by atoms with van der Waals surface area (Å²) in [6.07, 6.45) is -2.03. The fraction of sp³-hybridized carbons (Fsp3) is 0.320. The third-order valence-electron chi connectivity index (χ3n) is 5.41. The van der Waals surface area contributed by atoms with Gasteiger partial charge in [-0.3, -0.25) is 9.78 Å². The van der Waals surface area contributed by atoms with Gasteiger partial charge in [0.1, 0.15) is 5.60 Å². The number of aromatic nitrogens is 3. The van der Waals surface area contributed by atoms with Crippen LogP contribution in [0.4, 0.5) is 18.0 Å². The van der Waals surface area contributed by atoms with Crippen LogP contribution in [0.15, 0.2) is 42.7 Å². The number of alkyl halides is 3. The number of imide groups is 1. The molecule has 36 heavy (non-hydrogen) atoms. The molecule has 0 spiro atoms. The first-order valence-electron chi connectivity index (χ1n) is 11.0. The molecule has 1 aromatic carbocycles. The van der Waals surface area contributed by atoms with E-state index in [4.69, 9.17) is 10.00 Å². The van der Waals surface area contributed by atoms with Crippen molar-refractivity contribution in [3.8, 4) is 11.8 Å². The molecule has 2 aromatic heterocycles. The molecule has 8 nitrogen and oxygen atoms in total. The summed E-state index contributed by atoms with van der Waals surface area (Å²) in [6, 6.07) is 8.27. The molecule has 0 unspecified atom stereocenters. The molecule has 0 saturated carbocycles. The summed E-state index contributed by atoms with van der Waals surface area (Å²) in [6.45, 7) is 5.25. The van der Waals surface area contributed by atoms with Crippen LogP contribution in [-0.4, -0.2) is 43.8 Å². The minimum atomic E-state index is -4.58. The van der Waals surface area contributed by atoms with E-state index in [1.54, 1.807) is 43.7 Å². The topological polar surface area (TPSA) is 101 Å². The lowest BCUT2D eigenvalue weighted by atomic mass is 10.0. The van der Waals surface area contributed by atoms with Crippen molar-refractivity contribution in [1.29, 1.82) is 5.26 Å². The second-order valence-electron chi connectivity index (χ2n) is 9.31. The number of carbonyl (C=O) groups is 2. The number of fused-ring (bicyclic) bond motifs is 1. The normalized spacial score (nSPS) is 13.8. The Morgan fingerprint density at radius 1 is 1.19 bits per heavy atom. The lowest BCUT2D eigenvalue weighted by molar-refractivity contribution is -0.137. The number of halogens is 3. The SMILES string of the molecule is CC(C)(C)OC(=O)N1CCc2c(cnn2-c2ccnc(Cc3cc(C#N)cc(C(F)(F)F)c3)c2)C1=O. The molecule has 1 aliphatic heterocycles. The minimum Gasteiger partial charge on any atom is -0.443 e. The van der Waals surface area contributed by atoms with Gasteiger partial charge in [-0.05, 0) is 56.7 Å². The van der Waals surface area contributed by atoms with Crippen molar-refractivity contribution in [3.63, 3.8) is 0 Å². The van der Waals surface area contributed by atoms with Crippen molar-refractivity contribution in [2.45, 2.75) is 45.4 Å². The van der Waals surface area contributed by atoms with Crippen LogP contribution in [-0.2, 0) is 23.8 Å². The Morgan fingerprint density at radius 2 is 1.94 bits per heavy atom. The maximum absolute atomic E-state index is 13.2. The van der Waals surface area contributed by atoms with E-state index in [-0.39, 0.29) is 29.7 Å². The summed E-state index contributed by atoms with van der Waals surface area (Å²) in [5.41, 5.74) is 0.432. The van der Waals surface area contributed by atoms with Crippen LogP contribution in [0.2, 0.25) is 0 Å². The van der Waals surface area contributed by atoms with Gasteiger partial charge in [0.05, 0.1) is 40.3 Å². The molecule has 0 atom stereocenters. The highest BCUT2D eigenvalue weighted by Gasteiger charge is 2.35. The van der Waals surface area contributed by atoms with Gasteiger partial charge in [-0.25, -0.2) is 14.4 Å². The summed E-state index contributed by atoms with van der Waals surface area (Å²) in [5.74, 6) is -0.515. The summed E-state index contributed by atoms with van der Waals surface area (Å²) < 4.78 is 46.5. The van der Waals surface area contributed by atoms with E-state index in [1.165, 1.54) is 18.5 Å². The molecule has 0 radical (unpaired) electrons. The highest BCUT2D eigenvalue weighted by Crippen LogP contribution is 2.31. The number of hydrogen-bond donors (Lipinski definition) is 0. The number of hydrogen-bond acceptors (Lipinski definition) is 6. The Hall–Kier alpha value is -4.20. The molecular formula is C25H22F3N5O3. The first kappa shape index (κ1) is 24.9. The second-order valence-corrected chi connectivity index (χ2v) is 9.31. The van der Waals surface area contributed by atoms with E-state index in [9.17, 15) is 22.8 Å². The molecule has 0 saturated heterocycles. The Bertz CT molecular complexity index is 1380. The number of pyridine rings is 1. The number of rotatable bonds is 3.